The lowest BCUT2D eigenvalue weighted by molar-refractivity contribution is 0.331. The molecule has 0 saturated carbocycles. The second-order valence-electron chi connectivity index (χ2n) is 26.3. The highest BCUT2D eigenvalue weighted by Gasteiger charge is 2.51. The van der Waals surface area contributed by atoms with Gasteiger partial charge in [-0.15, -0.1) is 0 Å². The van der Waals surface area contributed by atoms with Crippen LogP contribution in [0.1, 0.15) is 160 Å². The van der Waals surface area contributed by atoms with Gasteiger partial charge in [-0.05, 0) is 180 Å². The number of hydrogen-bond acceptors (Lipinski definition) is 3. The summed E-state index contributed by atoms with van der Waals surface area (Å²) >= 11 is 0. The number of nitrogens with zero attached hydrogens (tertiary/aromatic N) is 2. The van der Waals surface area contributed by atoms with E-state index in [1.807, 2.05) is 0 Å². The zero-order chi connectivity index (χ0) is 49.0. The maximum atomic E-state index is 7.37. The molecule has 5 aliphatic rings. The minimum Gasteiger partial charge on any atom is -0.454 e. The SMILES string of the molecule is Cc1cc2c(cc1N1c3cc4c(cc3B3c5c(cc6c(oc7ccccc76)c51)-c1cc5c(cc1N3c1ccc(C(C)(C)C)cc1)C(C)(C)c1ccccc1-5)C(C)(C)CCC4(C)C)C(C)(C)CCC2(C)C. The maximum absolute atomic E-state index is 7.37. The summed E-state index contributed by atoms with van der Waals surface area (Å²) in [6.07, 6.45) is 4.64. The van der Waals surface area contributed by atoms with Crippen molar-refractivity contribution in [3.63, 3.8) is 0 Å². The topological polar surface area (TPSA) is 19.6 Å². The summed E-state index contributed by atoms with van der Waals surface area (Å²) in [5, 5.41) is 2.33. The second kappa shape index (κ2) is 13.9. The number of benzene rings is 7. The molecule has 3 nitrogen and oxygen atoms in total. The largest absolute Gasteiger partial charge is 0.454 e. The van der Waals surface area contributed by atoms with Crippen LogP contribution in [0.3, 0.4) is 0 Å². The van der Waals surface area contributed by atoms with Gasteiger partial charge in [-0.3, -0.25) is 0 Å². The van der Waals surface area contributed by atoms with Gasteiger partial charge in [0.25, 0.3) is 0 Å². The van der Waals surface area contributed by atoms with E-state index in [1.54, 1.807) is 0 Å². The molecular formula is C66H69BN2O. The van der Waals surface area contributed by atoms with Crippen LogP contribution in [-0.4, -0.2) is 6.85 Å². The molecule has 0 unspecified atom stereocenters. The molecule has 0 atom stereocenters. The van der Waals surface area contributed by atoms with E-state index in [2.05, 4.69) is 222 Å². The molecule has 0 bridgehead atoms. The van der Waals surface area contributed by atoms with Crippen molar-refractivity contribution in [2.24, 2.45) is 0 Å². The molecule has 4 heteroatoms. The lowest BCUT2D eigenvalue weighted by Gasteiger charge is -2.49. The van der Waals surface area contributed by atoms with E-state index in [0.717, 1.165) is 35.8 Å². The zero-order valence-electron chi connectivity index (χ0n) is 44.2. The Balaban J connectivity index is 1.23. The van der Waals surface area contributed by atoms with Crippen LogP contribution in [0.4, 0.5) is 28.4 Å². The summed E-state index contributed by atoms with van der Waals surface area (Å²) in [5.74, 6) is 0. The Kier molecular flexibility index (Phi) is 8.73. The van der Waals surface area contributed by atoms with E-state index in [9.17, 15) is 0 Å². The average molecular weight is 917 g/mol. The first-order chi connectivity index (χ1) is 33.0. The fourth-order valence-corrected chi connectivity index (χ4v) is 14.1. The van der Waals surface area contributed by atoms with Crippen molar-refractivity contribution >= 4 is 68.1 Å². The van der Waals surface area contributed by atoms with Crippen molar-refractivity contribution < 1.29 is 4.42 Å². The summed E-state index contributed by atoms with van der Waals surface area (Å²) in [6, 6.07) is 45.7. The first-order valence-electron chi connectivity index (χ1n) is 26.3. The quantitative estimate of drug-likeness (QED) is 0.161. The number of furan rings is 1. The van der Waals surface area contributed by atoms with E-state index < -0.39 is 0 Å². The molecule has 8 aromatic rings. The Labute approximate surface area is 417 Å². The van der Waals surface area contributed by atoms with Crippen LogP contribution in [0.5, 0.6) is 0 Å². The molecule has 7 aromatic carbocycles. The Morgan fingerprint density at radius 2 is 1.07 bits per heavy atom. The molecule has 1 aromatic heterocycles. The third kappa shape index (κ3) is 5.89. The molecule has 3 heterocycles. The van der Waals surface area contributed by atoms with Gasteiger partial charge < -0.3 is 14.1 Å². The van der Waals surface area contributed by atoms with Crippen LogP contribution >= 0.6 is 0 Å². The van der Waals surface area contributed by atoms with Gasteiger partial charge in [-0.2, -0.15) is 0 Å². The van der Waals surface area contributed by atoms with Gasteiger partial charge in [0.1, 0.15) is 5.58 Å². The molecule has 13 rings (SSSR count). The van der Waals surface area contributed by atoms with Crippen LogP contribution in [0, 0.1) is 6.92 Å². The summed E-state index contributed by atoms with van der Waals surface area (Å²) in [6.45, 7) is 33.9. The number of fused-ring (bicyclic) bond motifs is 13. The van der Waals surface area contributed by atoms with Crippen molar-refractivity contribution in [2.45, 2.75) is 155 Å². The van der Waals surface area contributed by atoms with Gasteiger partial charge >= 0.3 is 6.85 Å². The Bertz CT molecular complexity index is 3590. The Morgan fingerprint density at radius 1 is 0.500 bits per heavy atom. The van der Waals surface area contributed by atoms with E-state index in [-0.39, 0.29) is 39.3 Å². The third-order valence-corrected chi connectivity index (χ3v) is 18.6. The predicted octanol–water partition coefficient (Wildman–Crippen LogP) is 16.9. The minimum atomic E-state index is -0.166. The van der Waals surface area contributed by atoms with E-state index >= 15 is 0 Å². The Hall–Kier alpha value is -6.00. The summed E-state index contributed by atoms with van der Waals surface area (Å²) in [7, 11) is 0. The fourth-order valence-electron chi connectivity index (χ4n) is 14.1. The predicted molar refractivity (Wildman–Crippen MR) is 299 cm³/mol. The number of hydrogen-bond donors (Lipinski definition) is 0. The van der Waals surface area contributed by atoms with Crippen molar-refractivity contribution in [2.75, 3.05) is 9.71 Å². The molecule has 3 aliphatic carbocycles. The molecule has 352 valence electrons. The van der Waals surface area contributed by atoms with Crippen molar-refractivity contribution in [1.82, 2.24) is 0 Å². The van der Waals surface area contributed by atoms with E-state index in [1.165, 1.54) is 118 Å². The molecular weight excluding hydrogens is 848 g/mol. The molecule has 0 amide bonds. The van der Waals surface area contributed by atoms with Crippen LogP contribution < -0.4 is 20.6 Å². The first-order valence-corrected chi connectivity index (χ1v) is 26.3. The summed E-state index contributed by atoms with van der Waals surface area (Å²) < 4.78 is 7.37. The maximum Gasteiger partial charge on any atom is 0.333 e. The molecule has 70 heavy (non-hydrogen) atoms. The smallest absolute Gasteiger partial charge is 0.333 e. The number of aryl methyl sites for hydroxylation is 1. The van der Waals surface area contributed by atoms with Crippen LogP contribution in [0.15, 0.2) is 120 Å². The highest BCUT2D eigenvalue weighted by atomic mass is 16.3. The van der Waals surface area contributed by atoms with Crippen LogP contribution in [0.2, 0.25) is 0 Å². The third-order valence-electron chi connectivity index (χ3n) is 18.6. The fraction of sp³-hybridized carbons (Fsp3) is 0.364. The first kappa shape index (κ1) is 44.0. The van der Waals surface area contributed by atoms with Gasteiger partial charge in [0.2, 0.25) is 0 Å². The number of rotatable bonds is 2. The van der Waals surface area contributed by atoms with Gasteiger partial charge in [0, 0.05) is 44.5 Å². The van der Waals surface area contributed by atoms with Gasteiger partial charge in [0.05, 0.1) is 5.69 Å². The lowest BCUT2D eigenvalue weighted by Crippen LogP contribution is -2.62. The number of para-hydroxylation sites is 1. The highest BCUT2D eigenvalue weighted by molar-refractivity contribution is 6.94. The minimum absolute atomic E-state index is 0.00204. The molecule has 0 saturated heterocycles. The summed E-state index contributed by atoms with van der Waals surface area (Å²) in [5.41, 5.74) is 27.3. The molecule has 0 N–H and O–H groups in total. The monoisotopic (exact) mass is 917 g/mol. The summed E-state index contributed by atoms with van der Waals surface area (Å²) in [4.78, 5) is 5.45. The average Bonchev–Trinajstić information content (AvgIpc) is 3.79. The molecule has 0 spiro atoms. The van der Waals surface area contributed by atoms with Crippen molar-refractivity contribution in [3.05, 3.63) is 160 Å². The van der Waals surface area contributed by atoms with Crippen molar-refractivity contribution in [1.29, 1.82) is 0 Å². The van der Waals surface area contributed by atoms with Gasteiger partial charge in [0.15, 0.2) is 5.58 Å². The second-order valence-corrected chi connectivity index (χ2v) is 26.3. The van der Waals surface area contributed by atoms with E-state index in [0.29, 0.717) is 0 Å². The standard InChI is InChI=1S/C66H69BN2O/c1-38-31-49-51(64(9,10)29-27-62(49,5)6)36-54(38)68-56-37-52-50(63(7,8)28-30-65(52,11)12)34-53(56)67-58-45(33-46-42-20-16-18-22-57(42)70-60(46)59(58)68)44-32-43-41-19-15-17-21-47(41)66(13,14)48(43)35-55(44)69(67)40-25-23-39(24-26-40)61(2,3)4/h15-26,31-37H,27-30H2,1-14H3. The zero-order valence-corrected chi connectivity index (χ0v) is 44.2. The van der Waals surface area contributed by atoms with Crippen LogP contribution in [-0.2, 0) is 32.5 Å². The highest BCUT2D eigenvalue weighted by Crippen LogP contribution is 2.58. The molecule has 0 fully saturated rings. The number of anilines is 5. The molecule has 0 radical (unpaired) electrons. The van der Waals surface area contributed by atoms with Gasteiger partial charge in [-0.1, -0.05) is 157 Å². The van der Waals surface area contributed by atoms with Crippen molar-refractivity contribution in [3.8, 4) is 22.3 Å². The van der Waals surface area contributed by atoms with E-state index in [4.69, 9.17) is 4.42 Å². The van der Waals surface area contributed by atoms with Crippen LogP contribution in [0.25, 0.3) is 44.2 Å². The lowest BCUT2D eigenvalue weighted by atomic mass is 9.42. The van der Waals surface area contributed by atoms with Gasteiger partial charge in [-0.25, -0.2) is 0 Å². The Morgan fingerprint density at radius 3 is 1.73 bits per heavy atom. The normalized spacial score (nSPS) is 19.3. The molecule has 2 aliphatic heterocycles.